The molecular weight excluding hydrogens is 440 g/mol. The third kappa shape index (κ3) is 3.98. The van der Waals surface area contributed by atoms with Crippen LogP contribution in [0.2, 0.25) is 0 Å². The van der Waals surface area contributed by atoms with Crippen LogP contribution < -0.4 is 20.1 Å². The Labute approximate surface area is 203 Å². The quantitative estimate of drug-likeness (QED) is 0.285. The fraction of sp³-hybridized carbons (Fsp3) is 0.333. The molecule has 0 bridgehead atoms. The Kier molecular flexibility index (Phi) is 5.06. The van der Waals surface area contributed by atoms with E-state index in [-0.39, 0.29) is 0 Å². The van der Waals surface area contributed by atoms with Gasteiger partial charge in [0.15, 0.2) is 23.0 Å². The third-order valence-electron chi connectivity index (χ3n) is 7.12. The number of nitrogens with zero attached hydrogens (tertiary/aromatic N) is 2. The number of ether oxygens (including phenoxy) is 2. The molecule has 5 heterocycles. The molecule has 2 aromatic heterocycles. The number of fused-ring (bicyclic) bond motifs is 2. The molecule has 2 fully saturated rings. The number of rotatable bonds is 5. The second kappa shape index (κ2) is 8.55. The summed E-state index contributed by atoms with van der Waals surface area (Å²) in [6.07, 6.45) is 9.24. The topological polar surface area (TPSA) is 99.9 Å². The van der Waals surface area contributed by atoms with E-state index in [0.717, 1.165) is 78.0 Å². The summed E-state index contributed by atoms with van der Waals surface area (Å²) in [4.78, 5) is 16.1. The first kappa shape index (κ1) is 20.7. The molecule has 35 heavy (non-hydrogen) atoms. The van der Waals surface area contributed by atoms with Gasteiger partial charge in [-0.15, -0.1) is 0 Å². The lowest BCUT2D eigenvalue weighted by Crippen LogP contribution is -2.14. The smallest absolute Gasteiger partial charge is 0.170 e. The highest BCUT2D eigenvalue weighted by atomic mass is 16.6. The summed E-state index contributed by atoms with van der Waals surface area (Å²) in [5, 5.41) is 6.98. The predicted octanol–water partition coefficient (Wildman–Crippen LogP) is 5.14. The predicted molar refractivity (Wildman–Crippen MR) is 132 cm³/mol. The van der Waals surface area contributed by atoms with E-state index in [1.54, 1.807) is 0 Å². The van der Waals surface area contributed by atoms with Gasteiger partial charge in [0.25, 0.3) is 0 Å². The Morgan fingerprint density at radius 3 is 2.17 bits per heavy atom. The summed E-state index contributed by atoms with van der Waals surface area (Å²) in [6, 6.07) is 12.8. The van der Waals surface area contributed by atoms with E-state index in [1.165, 1.54) is 12.8 Å². The highest BCUT2D eigenvalue weighted by Crippen LogP contribution is 2.46. The summed E-state index contributed by atoms with van der Waals surface area (Å²) < 4.78 is 12.4. The first-order valence-corrected chi connectivity index (χ1v) is 12.5. The first-order chi connectivity index (χ1) is 17.3. The van der Waals surface area contributed by atoms with Gasteiger partial charge in [0.05, 0.1) is 24.0 Å². The number of imidazole rings is 2. The molecule has 8 nitrogen and oxygen atoms in total. The molecule has 4 N–H and O–H groups in total. The summed E-state index contributed by atoms with van der Waals surface area (Å²) in [7, 11) is 0. The number of hydrogen-bond donors (Lipinski definition) is 4. The molecule has 2 atom stereocenters. The average molecular weight is 469 g/mol. The molecule has 0 amide bonds. The van der Waals surface area contributed by atoms with Crippen LogP contribution in [-0.2, 0) is 6.42 Å². The summed E-state index contributed by atoms with van der Waals surface area (Å²) in [6.45, 7) is 2.11. The number of hydrogen-bond acceptors (Lipinski definition) is 6. The maximum absolute atomic E-state index is 6.22. The monoisotopic (exact) mass is 468 g/mol. The minimum atomic E-state index is 0.315. The second-order valence-electron chi connectivity index (χ2n) is 9.60. The summed E-state index contributed by atoms with van der Waals surface area (Å²) in [5.74, 6) is 4.90. The van der Waals surface area contributed by atoms with Gasteiger partial charge in [0, 0.05) is 23.9 Å². The second-order valence-corrected chi connectivity index (χ2v) is 9.60. The van der Waals surface area contributed by atoms with Gasteiger partial charge in [-0.3, -0.25) is 0 Å². The van der Waals surface area contributed by atoms with Gasteiger partial charge < -0.3 is 30.1 Å². The Bertz CT molecular complexity index is 1360. The Morgan fingerprint density at radius 1 is 0.743 bits per heavy atom. The van der Waals surface area contributed by atoms with E-state index >= 15 is 0 Å². The fourth-order valence-electron chi connectivity index (χ4n) is 5.26. The van der Waals surface area contributed by atoms with Crippen molar-refractivity contribution in [3.63, 3.8) is 0 Å². The number of H-pyrrole nitrogens is 2. The number of benzene rings is 2. The zero-order valence-corrected chi connectivity index (χ0v) is 19.4. The van der Waals surface area contributed by atoms with Crippen molar-refractivity contribution in [1.82, 2.24) is 30.6 Å². The van der Waals surface area contributed by atoms with Crippen molar-refractivity contribution in [3.8, 4) is 34.3 Å². The van der Waals surface area contributed by atoms with E-state index in [9.17, 15) is 0 Å². The molecule has 3 aliphatic rings. The average Bonchev–Trinajstić information content (AvgIpc) is 3.69. The molecule has 2 unspecified atom stereocenters. The van der Waals surface area contributed by atoms with Gasteiger partial charge in [-0.2, -0.15) is 0 Å². The van der Waals surface area contributed by atoms with E-state index in [0.29, 0.717) is 23.6 Å². The van der Waals surface area contributed by atoms with Gasteiger partial charge in [-0.1, -0.05) is 6.07 Å². The lowest BCUT2D eigenvalue weighted by atomic mass is 10.1. The van der Waals surface area contributed by atoms with E-state index < -0.39 is 0 Å². The Balaban J connectivity index is 1.08. The van der Waals surface area contributed by atoms with Crippen molar-refractivity contribution in [2.45, 2.75) is 44.2 Å². The van der Waals surface area contributed by atoms with Crippen LogP contribution in [0.4, 0.5) is 0 Å². The van der Waals surface area contributed by atoms with Crippen LogP contribution >= 0.6 is 0 Å². The molecule has 2 saturated heterocycles. The SMILES string of the molecule is c1cc2c(cc1Cc1cnc(C3CCCN3)[nH]1)Oc1ccc(-c3cnc(C4CCCN4)[nH]3)cc1O2. The third-order valence-corrected chi connectivity index (χ3v) is 7.12. The minimum absolute atomic E-state index is 0.315. The van der Waals surface area contributed by atoms with Crippen LogP contribution in [0.5, 0.6) is 23.0 Å². The molecule has 7 rings (SSSR count). The molecule has 0 spiro atoms. The normalized spacial score (nSPS) is 20.8. The lowest BCUT2D eigenvalue weighted by molar-refractivity contribution is 0.359. The van der Waals surface area contributed by atoms with Gasteiger partial charge in [-0.25, -0.2) is 9.97 Å². The van der Waals surface area contributed by atoms with Crippen molar-refractivity contribution in [2.75, 3.05) is 13.1 Å². The fourth-order valence-corrected chi connectivity index (χ4v) is 5.26. The molecule has 0 radical (unpaired) electrons. The summed E-state index contributed by atoms with van der Waals surface area (Å²) in [5.41, 5.74) is 4.25. The molecule has 2 aromatic carbocycles. The standard InChI is InChI=1S/C27H28N6O2/c1-3-19(28-9-1)26-30-14-18(32-26)11-16-5-7-22-24(12-16)34-23-8-6-17(13-25(23)35-22)21-15-31-27(33-21)20-4-2-10-29-20/h5-8,12-15,19-20,28-29H,1-4,9-11H2,(H,30,32)(H,31,33). The van der Waals surface area contributed by atoms with Crippen molar-refractivity contribution in [2.24, 2.45) is 0 Å². The van der Waals surface area contributed by atoms with E-state index in [4.69, 9.17) is 9.47 Å². The maximum Gasteiger partial charge on any atom is 0.170 e. The number of aromatic nitrogens is 4. The molecule has 4 aromatic rings. The van der Waals surface area contributed by atoms with Crippen molar-refractivity contribution < 1.29 is 9.47 Å². The van der Waals surface area contributed by atoms with E-state index in [1.807, 2.05) is 36.7 Å². The number of nitrogens with one attached hydrogen (secondary N) is 4. The van der Waals surface area contributed by atoms with Gasteiger partial charge in [-0.05, 0) is 74.7 Å². The van der Waals surface area contributed by atoms with Gasteiger partial charge in [0.2, 0.25) is 0 Å². The Morgan fingerprint density at radius 2 is 1.43 bits per heavy atom. The van der Waals surface area contributed by atoms with Crippen molar-refractivity contribution in [3.05, 3.63) is 71.7 Å². The van der Waals surface area contributed by atoms with Crippen LogP contribution in [0.1, 0.15) is 60.7 Å². The van der Waals surface area contributed by atoms with Crippen molar-refractivity contribution in [1.29, 1.82) is 0 Å². The molecule has 8 heteroatoms. The van der Waals surface area contributed by atoms with Gasteiger partial charge in [0.1, 0.15) is 11.6 Å². The van der Waals surface area contributed by atoms with Gasteiger partial charge >= 0.3 is 0 Å². The summed E-state index contributed by atoms with van der Waals surface area (Å²) >= 11 is 0. The van der Waals surface area contributed by atoms with E-state index in [2.05, 4.69) is 42.7 Å². The molecule has 0 aliphatic carbocycles. The lowest BCUT2D eigenvalue weighted by Gasteiger charge is -2.21. The largest absolute Gasteiger partial charge is 0.450 e. The van der Waals surface area contributed by atoms with Crippen molar-refractivity contribution >= 4 is 0 Å². The maximum atomic E-state index is 6.22. The zero-order valence-electron chi connectivity index (χ0n) is 19.4. The Hall–Kier alpha value is -3.62. The first-order valence-electron chi connectivity index (χ1n) is 12.5. The molecule has 0 saturated carbocycles. The highest BCUT2D eigenvalue weighted by molar-refractivity contribution is 5.66. The molecule has 3 aliphatic heterocycles. The van der Waals surface area contributed by atoms with Crippen LogP contribution in [0, 0.1) is 0 Å². The molecule has 178 valence electrons. The van der Waals surface area contributed by atoms with Crippen LogP contribution in [0.15, 0.2) is 48.8 Å². The zero-order chi connectivity index (χ0) is 23.2. The molecular formula is C27H28N6O2. The van der Waals surface area contributed by atoms with Crippen LogP contribution in [-0.4, -0.2) is 33.0 Å². The number of aromatic amines is 2. The highest BCUT2D eigenvalue weighted by Gasteiger charge is 2.23. The minimum Gasteiger partial charge on any atom is -0.450 e. The van der Waals surface area contributed by atoms with Crippen LogP contribution in [0.3, 0.4) is 0 Å². The van der Waals surface area contributed by atoms with Crippen LogP contribution in [0.25, 0.3) is 11.3 Å².